The SMILES string of the molecule is Cc1cc(NC(=O)CCC2CCCCC2)n(-c2nc3c(c(=O)[nH]2)CCC3)n1. The van der Waals surface area contributed by atoms with Crippen molar-refractivity contribution in [2.24, 2.45) is 5.92 Å². The van der Waals surface area contributed by atoms with Gasteiger partial charge < -0.3 is 5.32 Å². The zero-order chi connectivity index (χ0) is 18.8. The number of H-pyrrole nitrogens is 1. The Labute approximate surface area is 158 Å². The van der Waals surface area contributed by atoms with Crippen LogP contribution < -0.4 is 10.9 Å². The van der Waals surface area contributed by atoms with Crippen molar-refractivity contribution in [3.8, 4) is 5.95 Å². The van der Waals surface area contributed by atoms with E-state index in [0.717, 1.165) is 42.6 Å². The Kier molecular flexibility index (Phi) is 5.09. The number of rotatable bonds is 5. The fourth-order valence-corrected chi connectivity index (χ4v) is 4.30. The van der Waals surface area contributed by atoms with E-state index in [1.165, 1.54) is 36.8 Å². The van der Waals surface area contributed by atoms with Crippen molar-refractivity contribution in [1.82, 2.24) is 19.7 Å². The summed E-state index contributed by atoms with van der Waals surface area (Å²) in [5.74, 6) is 1.59. The Morgan fingerprint density at radius 3 is 2.89 bits per heavy atom. The maximum Gasteiger partial charge on any atom is 0.255 e. The third-order valence-electron chi connectivity index (χ3n) is 5.73. The van der Waals surface area contributed by atoms with Crippen molar-refractivity contribution in [2.45, 2.75) is 71.1 Å². The first-order valence-electron chi connectivity index (χ1n) is 10.1. The summed E-state index contributed by atoms with van der Waals surface area (Å²) in [6, 6.07) is 1.81. The molecule has 2 N–H and O–H groups in total. The molecule has 2 aliphatic carbocycles. The normalized spacial score (nSPS) is 17.1. The summed E-state index contributed by atoms with van der Waals surface area (Å²) in [7, 11) is 0. The second-order valence-corrected chi connectivity index (χ2v) is 7.84. The Hall–Kier alpha value is -2.44. The Morgan fingerprint density at radius 2 is 2.07 bits per heavy atom. The minimum atomic E-state index is -0.102. The molecule has 0 saturated heterocycles. The van der Waals surface area contributed by atoms with Crippen LogP contribution in [0.15, 0.2) is 10.9 Å². The molecule has 2 aliphatic rings. The van der Waals surface area contributed by atoms with Crippen LogP contribution in [0.2, 0.25) is 0 Å². The highest BCUT2D eigenvalue weighted by atomic mass is 16.1. The number of fused-ring (bicyclic) bond motifs is 1. The predicted molar refractivity (Wildman–Crippen MR) is 103 cm³/mol. The molecule has 7 nitrogen and oxygen atoms in total. The lowest BCUT2D eigenvalue weighted by atomic mass is 9.86. The van der Waals surface area contributed by atoms with Crippen molar-refractivity contribution in [1.29, 1.82) is 0 Å². The molecule has 0 bridgehead atoms. The number of hydrogen-bond acceptors (Lipinski definition) is 4. The van der Waals surface area contributed by atoms with Gasteiger partial charge in [0.15, 0.2) is 0 Å². The third-order valence-corrected chi connectivity index (χ3v) is 5.73. The largest absolute Gasteiger partial charge is 0.310 e. The molecular formula is C20H27N5O2. The van der Waals surface area contributed by atoms with E-state index in [0.29, 0.717) is 24.1 Å². The quantitative estimate of drug-likeness (QED) is 0.847. The zero-order valence-electron chi connectivity index (χ0n) is 15.9. The number of anilines is 1. The fraction of sp³-hybridized carbons (Fsp3) is 0.600. The highest BCUT2D eigenvalue weighted by Gasteiger charge is 2.20. The maximum atomic E-state index is 12.5. The van der Waals surface area contributed by atoms with Gasteiger partial charge in [-0.1, -0.05) is 32.1 Å². The number of nitrogens with one attached hydrogen (secondary N) is 2. The van der Waals surface area contributed by atoms with Gasteiger partial charge in [0.1, 0.15) is 5.82 Å². The minimum absolute atomic E-state index is 0.00905. The van der Waals surface area contributed by atoms with E-state index >= 15 is 0 Å². The molecule has 0 aromatic carbocycles. The minimum Gasteiger partial charge on any atom is -0.310 e. The number of carbonyl (C=O) groups excluding carboxylic acids is 1. The zero-order valence-corrected chi connectivity index (χ0v) is 15.9. The summed E-state index contributed by atoms with van der Waals surface area (Å²) in [5, 5.41) is 7.38. The summed E-state index contributed by atoms with van der Waals surface area (Å²) >= 11 is 0. The first-order valence-corrected chi connectivity index (χ1v) is 10.1. The monoisotopic (exact) mass is 369 g/mol. The van der Waals surface area contributed by atoms with Gasteiger partial charge in [-0.3, -0.25) is 14.6 Å². The van der Waals surface area contributed by atoms with E-state index in [-0.39, 0.29) is 11.5 Å². The average molecular weight is 369 g/mol. The van der Waals surface area contributed by atoms with Crippen LogP contribution in [0.25, 0.3) is 5.95 Å². The molecule has 1 fully saturated rings. The van der Waals surface area contributed by atoms with Crippen molar-refractivity contribution in [3.63, 3.8) is 0 Å². The molecule has 0 spiro atoms. The van der Waals surface area contributed by atoms with Crippen molar-refractivity contribution >= 4 is 11.7 Å². The molecule has 1 saturated carbocycles. The highest BCUT2D eigenvalue weighted by molar-refractivity contribution is 5.90. The average Bonchev–Trinajstić information content (AvgIpc) is 3.27. The van der Waals surface area contributed by atoms with Gasteiger partial charge in [0, 0.05) is 18.1 Å². The van der Waals surface area contributed by atoms with Crippen molar-refractivity contribution < 1.29 is 4.79 Å². The molecule has 2 heterocycles. The summed E-state index contributed by atoms with van der Waals surface area (Å²) in [4.78, 5) is 32.2. The van der Waals surface area contributed by atoms with Gasteiger partial charge in [0.05, 0.1) is 11.4 Å². The molecular weight excluding hydrogens is 342 g/mol. The second-order valence-electron chi connectivity index (χ2n) is 7.84. The molecule has 0 unspecified atom stereocenters. The van der Waals surface area contributed by atoms with E-state index in [1.807, 2.05) is 13.0 Å². The number of aromatic nitrogens is 4. The maximum absolute atomic E-state index is 12.5. The topological polar surface area (TPSA) is 92.7 Å². The van der Waals surface area contributed by atoms with Crippen LogP contribution in [-0.4, -0.2) is 25.7 Å². The number of hydrogen-bond donors (Lipinski definition) is 2. The van der Waals surface area contributed by atoms with E-state index in [2.05, 4.69) is 20.4 Å². The number of nitrogens with zero attached hydrogens (tertiary/aromatic N) is 3. The first kappa shape index (κ1) is 17.9. The second kappa shape index (κ2) is 7.66. The fourth-order valence-electron chi connectivity index (χ4n) is 4.30. The van der Waals surface area contributed by atoms with Crippen LogP contribution >= 0.6 is 0 Å². The molecule has 7 heteroatoms. The Morgan fingerprint density at radius 1 is 1.26 bits per heavy atom. The van der Waals surface area contributed by atoms with Gasteiger partial charge in [-0.15, -0.1) is 0 Å². The van der Waals surface area contributed by atoms with Crippen LogP contribution in [0.1, 0.15) is 68.3 Å². The predicted octanol–water partition coefficient (Wildman–Crippen LogP) is 3.05. The van der Waals surface area contributed by atoms with Gasteiger partial charge in [0.2, 0.25) is 11.9 Å². The van der Waals surface area contributed by atoms with Crippen LogP contribution in [0.5, 0.6) is 0 Å². The van der Waals surface area contributed by atoms with Crippen LogP contribution in [0.4, 0.5) is 5.82 Å². The molecule has 0 aliphatic heterocycles. The number of amides is 1. The smallest absolute Gasteiger partial charge is 0.255 e. The van der Waals surface area contributed by atoms with Crippen LogP contribution in [-0.2, 0) is 17.6 Å². The van der Waals surface area contributed by atoms with Gasteiger partial charge in [-0.25, -0.2) is 4.98 Å². The molecule has 27 heavy (non-hydrogen) atoms. The molecule has 2 aromatic heterocycles. The summed E-state index contributed by atoms with van der Waals surface area (Å²) in [6.07, 6.45) is 10.4. The summed E-state index contributed by atoms with van der Waals surface area (Å²) in [5.41, 5.74) is 2.29. The highest BCUT2D eigenvalue weighted by Crippen LogP contribution is 2.27. The number of carbonyl (C=O) groups is 1. The van der Waals surface area contributed by atoms with E-state index in [9.17, 15) is 9.59 Å². The lowest BCUT2D eigenvalue weighted by Gasteiger charge is -2.21. The van der Waals surface area contributed by atoms with E-state index < -0.39 is 0 Å². The van der Waals surface area contributed by atoms with Gasteiger partial charge >= 0.3 is 0 Å². The number of aromatic amines is 1. The lowest BCUT2D eigenvalue weighted by Crippen LogP contribution is -2.21. The Balaban J connectivity index is 1.49. The summed E-state index contributed by atoms with van der Waals surface area (Å²) in [6.45, 7) is 1.86. The van der Waals surface area contributed by atoms with Gasteiger partial charge in [-0.2, -0.15) is 9.78 Å². The first-order chi connectivity index (χ1) is 13.1. The molecule has 0 radical (unpaired) electrons. The standard InChI is InChI=1S/C20H27N5O2/c1-13-12-17(22-18(26)11-10-14-6-3-2-4-7-14)25(24-13)20-21-16-9-5-8-15(16)19(27)23-20/h12,14H,2-11H2,1H3,(H,22,26)(H,21,23,27). The van der Waals surface area contributed by atoms with Crippen molar-refractivity contribution in [3.05, 3.63) is 33.4 Å². The molecule has 1 amide bonds. The number of aryl methyl sites for hydroxylation is 2. The third kappa shape index (κ3) is 3.96. The Bertz CT molecular complexity index is 892. The molecule has 2 aromatic rings. The van der Waals surface area contributed by atoms with Crippen LogP contribution in [0, 0.1) is 12.8 Å². The lowest BCUT2D eigenvalue weighted by molar-refractivity contribution is -0.116. The van der Waals surface area contributed by atoms with Crippen molar-refractivity contribution in [2.75, 3.05) is 5.32 Å². The van der Waals surface area contributed by atoms with Gasteiger partial charge in [0.25, 0.3) is 5.56 Å². The van der Waals surface area contributed by atoms with E-state index in [1.54, 1.807) is 0 Å². The summed E-state index contributed by atoms with van der Waals surface area (Å²) < 4.78 is 1.54. The van der Waals surface area contributed by atoms with Crippen LogP contribution in [0.3, 0.4) is 0 Å². The van der Waals surface area contributed by atoms with E-state index in [4.69, 9.17) is 0 Å². The molecule has 4 rings (SSSR count). The molecule has 0 atom stereocenters. The van der Waals surface area contributed by atoms with Gasteiger partial charge in [-0.05, 0) is 38.5 Å². The molecule has 144 valence electrons.